The first-order chi connectivity index (χ1) is 63.9. The van der Waals surface area contributed by atoms with Gasteiger partial charge < -0.3 is 100 Å². The fourth-order valence-electron chi connectivity index (χ4n) is 12.2. The lowest BCUT2D eigenvalue weighted by Gasteiger charge is -2.18. The van der Waals surface area contributed by atoms with E-state index in [2.05, 4.69) is 138 Å². The summed E-state index contributed by atoms with van der Waals surface area (Å²) in [6.07, 6.45) is 53.3. The average molecular weight is 1920 g/mol. The highest BCUT2D eigenvalue weighted by atomic mass is 32.2. The van der Waals surface area contributed by atoms with Crippen LogP contribution in [0.4, 0.5) is 0 Å². The Morgan fingerprint density at radius 3 is 0.955 bits per heavy atom. The maximum absolute atomic E-state index is 5.82. The van der Waals surface area contributed by atoms with E-state index in [0.29, 0.717) is 197 Å². The monoisotopic (exact) mass is 1920 g/mol. The van der Waals surface area contributed by atoms with Crippen molar-refractivity contribution in [1.82, 2.24) is 0 Å². The van der Waals surface area contributed by atoms with E-state index in [1.807, 2.05) is 57.7 Å². The normalized spacial score (nSPS) is 13.9. The minimum Gasteiger partial charge on any atom is -0.491 e. The van der Waals surface area contributed by atoms with Crippen molar-refractivity contribution in [3.63, 3.8) is 0 Å². The fourth-order valence-corrected chi connectivity index (χ4v) is 12.6. The molecule has 1 saturated carbocycles. The molecular weight excluding hydrogens is 1690 g/mol. The summed E-state index contributed by atoms with van der Waals surface area (Å²) in [7, 11) is 1.71. The van der Waals surface area contributed by atoms with Crippen LogP contribution in [-0.2, 0) is 91.7 Å². The molecule has 3 rings (SSSR count). The number of hydrogen-bond acceptors (Lipinski definition) is 21. The summed E-state index contributed by atoms with van der Waals surface area (Å²) in [5.74, 6) is 5.95. The summed E-state index contributed by atoms with van der Waals surface area (Å²) in [5.41, 5.74) is 1.66. The van der Waals surface area contributed by atoms with Crippen molar-refractivity contribution in [2.24, 2.45) is 23.2 Å². The van der Waals surface area contributed by atoms with E-state index in [1.54, 1.807) is 7.11 Å². The minimum atomic E-state index is 0. The zero-order valence-corrected chi connectivity index (χ0v) is 93.3. The SMILES string of the molecule is CC(C)(C)C.CCC.CCC1CCCCC1.CCC1COCCOCCOCCOCCOCCO1.CCCCCCC(C)CCCCCC.CCCCCCCCC(CC)CCCCCC.CCCCOCCOCCC.CCCOC.CCCSC.CCOCCOCCOCC.CCOCCOCCOCCOc1cc(CC)cc(OCCOCCOCCOCC)c1.O. The van der Waals surface area contributed by atoms with Gasteiger partial charge in [0.25, 0.3) is 0 Å². The Morgan fingerprint density at radius 1 is 0.341 bits per heavy atom. The van der Waals surface area contributed by atoms with E-state index in [0.717, 1.165) is 113 Å². The van der Waals surface area contributed by atoms with Crippen molar-refractivity contribution in [3.05, 3.63) is 23.8 Å². The Kier molecular flexibility index (Phi) is 157. The van der Waals surface area contributed by atoms with E-state index in [1.165, 1.54) is 211 Å². The first-order valence-electron chi connectivity index (χ1n) is 54.1. The summed E-state index contributed by atoms with van der Waals surface area (Å²) in [4.78, 5) is 0. The summed E-state index contributed by atoms with van der Waals surface area (Å²) in [5, 5.41) is 0. The van der Waals surface area contributed by atoms with Crippen LogP contribution in [-0.4, -0.2) is 269 Å². The Labute approximate surface area is 825 Å². The van der Waals surface area contributed by atoms with Crippen LogP contribution in [0, 0.1) is 23.2 Å². The number of ether oxygens (including phenoxy) is 20. The second-order valence-electron chi connectivity index (χ2n) is 34.8. The second kappa shape index (κ2) is 140. The molecule has 1 aliphatic heterocycles. The lowest BCUT2D eigenvalue weighted by Crippen LogP contribution is -2.23. The zero-order chi connectivity index (χ0) is 98.8. The van der Waals surface area contributed by atoms with Crippen molar-refractivity contribution in [1.29, 1.82) is 0 Å². The van der Waals surface area contributed by atoms with Gasteiger partial charge in [0.1, 0.15) is 24.7 Å². The molecule has 2 N–H and O–H groups in total. The third kappa shape index (κ3) is 154. The van der Waals surface area contributed by atoms with Gasteiger partial charge in [-0.3, -0.25) is 0 Å². The number of unbranched alkanes of at least 4 members (excludes halogenated alkanes) is 15. The van der Waals surface area contributed by atoms with E-state index in [4.69, 9.17) is 94.7 Å². The molecule has 2 fully saturated rings. The Hall–Kier alpha value is -1.59. The summed E-state index contributed by atoms with van der Waals surface area (Å²) in [6, 6.07) is 5.95. The van der Waals surface area contributed by atoms with Gasteiger partial charge in [0.2, 0.25) is 0 Å². The largest absolute Gasteiger partial charge is 0.491 e. The molecule has 1 aromatic carbocycles. The van der Waals surface area contributed by atoms with Crippen molar-refractivity contribution in [2.45, 2.75) is 403 Å². The van der Waals surface area contributed by atoms with Gasteiger partial charge in [0.15, 0.2) is 0 Å². The number of methoxy groups -OCH3 is 1. The molecule has 2 aliphatic rings. The highest BCUT2D eigenvalue weighted by Crippen LogP contribution is 2.27. The third-order valence-corrected chi connectivity index (χ3v) is 20.6. The molecule has 0 amide bonds. The zero-order valence-electron chi connectivity index (χ0n) is 92.4. The van der Waals surface area contributed by atoms with Crippen LogP contribution >= 0.6 is 11.8 Å². The smallest absolute Gasteiger partial charge is 0.123 e. The van der Waals surface area contributed by atoms with Gasteiger partial charge in [-0.15, -0.1) is 0 Å². The standard InChI is InChI=1S/C24H42O8.C17H36.C14H28O6.C14H30.C9H20O2.C8H18O3.C8H16.C5H12.C4H10O.C4H10S.C3H8.H2O/c1-4-22-19-23(31-17-15-29-13-11-27-9-7-25-5-2)21-24(20-22)32-18-16-30-14-12-28-10-8-26-6-3;1-4-7-9-11-12-14-16-17(6-3)15-13-10-8-5-2;1-2-14-13-19-10-9-17-6-5-15-3-4-16-7-8-18-11-12-20-14;1-4-6-8-10-12-14(3)13-11-9-7-5-2;1-3-5-7-11-9-8-10-6-4-2;1-3-9-5-7-11-8-6-10-4-2;1-2-8-6-4-3-5-7-8;1-5(2,3)4;2*1-3-4-5-2;1-3-2;/h19-21H,4-18H2,1-3H3;17H,4-16H2,1-3H3;14H,2-13H2,1H3;14H,4-13H2,1-3H3;3-9H2,1-2H3;3-8H2,1-2H3;8H,2-7H2,1H3;1-4H3;2*3-4H2,1-2H3;3H2,1-2H3;1H2. The van der Waals surface area contributed by atoms with Crippen molar-refractivity contribution >= 4 is 11.8 Å². The van der Waals surface area contributed by atoms with E-state index in [-0.39, 0.29) is 11.6 Å². The second-order valence-corrected chi connectivity index (χ2v) is 35.8. The maximum atomic E-state index is 5.82. The van der Waals surface area contributed by atoms with Gasteiger partial charge >= 0.3 is 0 Å². The van der Waals surface area contributed by atoms with Crippen molar-refractivity contribution < 1.29 is 100 Å². The predicted octanol–water partition coefficient (Wildman–Crippen LogP) is 28.0. The molecule has 0 spiro atoms. The van der Waals surface area contributed by atoms with E-state index < -0.39 is 0 Å². The van der Waals surface area contributed by atoms with Crippen molar-refractivity contribution in [3.8, 4) is 11.5 Å². The van der Waals surface area contributed by atoms with Crippen LogP contribution in [0.3, 0.4) is 0 Å². The summed E-state index contributed by atoms with van der Waals surface area (Å²) < 4.78 is 107. The van der Waals surface area contributed by atoms with Crippen LogP contribution in [0.1, 0.15) is 396 Å². The molecule has 1 aromatic rings. The molecule has 132 heavy (non-hydrogen) atoms. The van der Waals surface area contributed by atoms with Crippen LogP contribution in [0.2, 0.25) is 0 Å². The van der Waals surface area contributed by atoms with Crippen molar-refractivity contribution in [2.75, 3.05) is 257 Å². The predicted molar refractivity (Wildman–Crippen MR) is 567 cm³/mol. The lowest BCUT2D eigenvalue weighted by molar-refractivity contribution is -0.0610. The van der Waals surface area contributed by atoms with Crippen LogP contribution < -0.4 is 9.47 Å². The Bertz CT molecular complexity index is 1890. The topological polar surface area (TPSA) is 216 Å². The highest BCUT2D eigenvalue weighted by Gasteiger charge is 2.12. The fraction of sp³-hybridized carbons (Fsp3) is 0.945. The molecule has 0 bridgehead atoms. The molecule has 0 radical (unpaired) electrons. The summed E-state index contributed by atoms with van der Waals surface area (Å²) in [6.45, 7) is 72.6. The molecule has 2 atom stereocenters. The van der Waals surface area contributed by atoms with Gasteiger partial charge in [-0.25, -0.2) is 0 Å². The summed E-state index contributed by atoms with van der Waals surface area (Å²) >= 11 is 1.90. The van der Waals surface area contributed by atoms with Gasteiger partial charge in [-0.2, -0.15) is 11.8 Å². The van der Waals surface area contributed by atoms with Crippen LogP contribution in [0.5, 0.6) is 11.5 Å². The number of hydrogen-bond donors (Lipinski definition) is 0. The molecule has 21 nitrogen and oxygen atoms in total. The van der Waals surface area contributed by atoms with Gasteiger partial charge in [-0.1, -0.05) is 331 Å². The van der Waals surface area contributed by atoms with Crippen LogP contribution in [0.15, 0.2) is 18.2 Å². The third-order valence-electron chi connectivity index (χ3n) is 19.8. The molecule has 1 heterocycles. The average Bonchev–Trinajstić information content (AvgIpc) is 0.871. The molecular formula is C110H232O21S. The van der Waals surface area contributed by atoms with E-state index in [9.17, 15) is 0 Å². The quantitative estimate of drug-likeness (QED) is 0.0554. The number of benzene rings is 1. The Morgan fingerprint density at radius 2 is 0.659 bits per heavy atom. The first kappa shape index (κ1) is 148. The van der Waals surface area contributed by atoms with Gasteiger partial charge in [-0.05, 0) is 119 Å². The lowest BCUT2D eigenvalue weighted by atomic mass is 9.88. The van der Waals surface area contributed by atoms with E-state index >= 15 is 0 Å². The van der Waals surface area contributed by atoms with Crippen LogP contribution in [0.25, 0.3) is 0 Å². The molecule has 2 unspecified atom stereocenters. The molecule has 22 heteroatoms. The molecule has 1 saturated heterocycles. The number of rotatable bonds is 68. The van der Waals surface area contributed by atoms with Gasteiger partial charge in [0, 0.05) is 59.4 Å². The maximum Gasteiger partial charge on any atom is 0.123 e. The first-order valence-corrected chi connectivity index (χ1v) is 55.5. The molecule has 1 aliphatic carbocycles. The molecule has 804 valence electrons. The molecule has 0 aromatic heterocycles. The number of aryl methyl sites for hydroxylation is 1. The Balaban J connectivity index is -0.000000191. The minimum absolute atomic E-state index is 0. The number of thioether (sulfide) groups is 1. The van der Waals surface area contributed by atoms with Gasteiger partial charge in [0.05, 0.1) is 184 Å². The highest BCUT2D eigenvalue weighted by molar-refractivity contribution is 7.98.